The Bertz CT molecular complexity index is 884. The van der Waals surface area contributed by atoms with E-state index in [1.54, 1.807) is 36.5 Å². The zero-order valence-corrected chi connectivity index (χ0v) is 14.4. The van der Waals surface area contributed by atoms with E-state index in [4.69, 9.17) is 0 Å². The summed E-state index contributed by atoms with van der Waals surface area (Å²) < 4.78 is 13.0. The van der Waals surface area contributed by atoms with E-state index >= 15 is 0 Å². The molecule has 3 aromatic rings. The van der Waals surface area contributed by atoms with Gasteiger partial charge in [-0.25, -0.2) is 14.4 Å². The molecule has 1 amide bonds. The predicted octanol–water partition coefficient (Wildman–Crippen LogP) is 4.47. The number of aromatic nitrogens is 2. The van der Waals surface area contributed by atoms with Crippen molar-refractivity contribution in [3.63, 3.8) is 0 Å². The van der Waals surface area contributed by atoms with Gasteiger partial charge in [0.2, 0.25) is 0 Å². The summed E-state index contributed by atoms with van der Waals surface area (Å²) in [7, 11) is 0. The molecule has 0 radical (unpaired) electrons. The van der Waals surface area contributed by atoms with Crippen LogP contribution in [0.1, 0.15) is 21.6 Å². The number of pyridine rings is 2. The van der Waals surface area contributed by atoms with Gasteiger partial charge in [-0.05, 0) is 48.9 Å². The van der Waals surface area contributed by atoms with Gasteiger partial charge in [-0.3, -0.25) is 4.79 Å². The van der Waals surface area contributed by atoms with Crippen LogP contribution in [0, 0.1) is 12.7 Å². The first-order valence-corrected chi connectivity index (χ1v) is 8.67. The second-order valence-electron chi connectivity index (χ2n) is 5.39. The van der Waals surface area contributed by atoms with E-state index in [0.29, 0.717) is 22.2 Å². The van der Waals surface area contributed by atoms with Crippen molar-refractivity contribution in [2.75, 3.05) is 5.32 Å². The van der Waals surface area contributed by atoms with Crippen LogP contribution in [-0.2, 0) is 5.75 Å². The molecule has 3 rings (SSSR count). The van der Waals surface area contributed by atoms with E-state index < -0.39 is 0 Å². The third-order valence-electron chi connectivity index (χ3n) is 3.43. The number of carbonyl (C=O) groups is 1. The highest BCUT2D eigenvalue weighted by molar-refractivity contribution is 7.98. The summed E-state index contributed by atoms with van der Waals surface area (Å²) in [5.74, 6) is 0.578. The molecule has 0 fully saturated rings. The Balaban J connectivity index is 1.73. The molecular formula is C19H16FN3OS. The zero-order valence-electron chi connectivity index (χ0n) is 13.6. The van der Waals surface area contributed by atoms with Crippen LogP contribution in [-0.4, -0.2) is 15.9 Å². The largest absolute Gasteiger partial charge is 0.306 e. The minimum atomic E-state index is -0.266. The molecule has 4 nitrogen and oxygen atoms in total. The number of anilines is 1. The second kappa shape index (κ2) is 7.90. The lowest BCUT2D eigenvalue weighted by Gasteiger charge is -2.09. The van der Waals surface area contributed by atoms with Gasteiger partial charge < -0.3 is 5.32 Å². The maximum atomic E-state index is 13.0. The summed E-state index contributed by atoms with van der Waals surface area (Å²) in [6.45, 7) is 1.86. The molecule has 6 heteroatoms. The van der Waals surface area contributed by atoms with Crippen molar-refractivity contribution in [2.24, 2.45) is 0 Å². The van der Waals surface area contributed by atoms with Crippen LogP contribution in [0.2, 0.25) is 0 Å². The average Bonchev–Trinajstić information content (AvgIpc) is 2.61. The smallest absolute Gasteiger partial charge is 0.259 e. The summed E-state index contributed by atoms with van der Waals surface area (Å²) in [6.07, 6.45) is 1.65. The molecule has 0 saturated carbocycles. The van der Waals surface area contributed by atoms with Gasteiger partial charge in [0, 0.05) is 17.6 Å². The van der Waals surface area contributed by atoms with E-state index in [1.165, 1.54) is 23.9 Å². The highest BCUT2D eigenvalue weighted by Crippen LogP contribution is 2.25. The van der Waals surface area contributed by atoms with Crippen molar-refractivity contribution in [3.8, 4) is 0 Å². The van der Waals surface area contributed by atoms with Gasteiger partial charge in [0.25, 0.3) is 5.91 Å². The van der Waals surface area contributed by atoms with Crippen LogP contribution in [0.3, 0.4) is 0 Å². The van der Waals surface area contributed by atoms with Gasteiger partial charge in [0.1, 0.15) is 16.7 Å². The van der Waals surface area contributed by atoms with E-state index in [1.807, 2.05) is 19.1 Å². The average molecular weight is 353 g/mol. The van der Waals surface area contributed by atoms with Crippen LogP contribution in [0.15, 0.2) is 65.8 Å². The molecule has 2 aromatic heterocycles. The summed E-state index contributed by atoms with van der Waals surface area (Å²) in [4.78, 5) is 21.1. The van der Waals surface area contributed by atoms with Gasteiger partial charge >= 0.3 is 0 Å². The van der Waals surface area contributed by atoms with E-state index in [9.17, 15) is 9.18 Å². The standard InChI is InChI=1S/C19H16FN3OS/c1-13-4-2-6-17(22-13)23-18(24)16-5-3-11-21-19(16)25-12-14-7-9-15(20)10-8-14/h2-11H,12H2,1H3,(H,22,23,24). The normalized spacial score (nSPS) is 10.5. The van der Waals surface area contributed by atoms with E-state index in [2.05, 4.69) is 15.3 Å². The Morgan fingerprint density at radius 1 is 1.12 bits per heavy atom. The molecule has 1 N–H and O–H groups in total. The highest BCUT2D eigenvalue weighted by Gasteiger charge is 2.13. The van der Waals surface area contributed by atoms with Gasteiger partial charge in [-0.1, -0.05) is 18.2 Å². The first kappa shape index (κ1) is 17.1. The molecule has 0 saturated heterocycles. The van der Waals surface area contributed by atoms with E-state index in [-0.39, 0.29) is 11.7 Å². The molecule has 126 valence electrons. The quantitative estimate of drug-likeness (QED) is 0.688. The molecule has 0 aliphatic rings. The van der Waals surface area contributed by atoms with Crippen LogP contribution in [0.5, 0.6) is 0 Å². The summed E-state index contributed by atoms with van der Waals surface area (Å²) in [5, 5.41) is 3.41. The minimum Gasteiger partial charge on any atom is -0.306 e. The second-order valence-corrected chi connectivity index (χ2v) is 6.35. The van der Waals surface area contributed by atoms with Crippen molar-refractivity contribution in [1.82, 2.24) is 9.97 Å². The molecule has 1 aromatic carbocycles. The van der Waals surface area contributed by atoms with Gasteiger partial charge in [-0.15, -0.1) is 11.8 Å². The molecule has 0 aliphatic carbocycles. The maximum Gasteiger partial charge on any atom is 0.259 e. The highest BCUT2D eigenvalue weighted by atomic mass is 32.2. The van der Waals surface area contributed by atoms with Crippen LogP contribution >= 0.6 is 11.8 Å². The van der Waals surface area contributed by atoms with Crippen molar-refractivity contribution in [1.29, 1.82) is 0 Å². The topological polar surface area (TPSA) is 54.9 Å². The molecular weight excluding hydrogens is 337 g/mol. The van der Waals surface area contributed by atoms with Crippen molar-refractivity contribution in [2.45, 2.75) is 17.7 Å². The molecule has 0 bridgehead atoms. The lowest BCUT2D eigenvalue weighted by atomic mass is 10.2. The number of carbonyl (C=O) groups excluding carboxylic acids is 1. The number of hydrogen-bond acceptors (Lipinski definition) is 4. The third kappa shape index (κ3) is 4.64. The van der Waals surface area contributed by atoms with Crippen molar-refractivity contribution >= 4 is 23.5 Å². The molecule has 2 heterocycles. The Labute approximate surface area is 149 Å². The number of benzene rings is 1. The van der Waals surface area contributed by atoms with Gasteiger partial charge in [-0.2, -0.15) is 0 Å². The Hall–Kier alpha value is -2.73. The first-order chi connectivity index (χ1) is 12.1. The van der Waals surface area contributed by atoms with Crippen LogP contribution in [0.4, 0.5) is 10.2 Å². The van der Waals surface area contributed by atoms with Crippen LogP contribution < -0.4 is 5.32 Å². The Kier molecular flexibility index (Phi) is 5.40. The number of amides is 1. The lowest BCUT2D eigenvalue weighted by Crippen LogP contribution is -2.14. The third-order valence-corrected chi connectivity index (χ3v) is 4.51. The fourth-order valence-electron chi connectivity index (χ4n) is 2.21. The van der Waals surface area contributed by atoms with Crippen LogP contribution in [0.25, 0.3) is 0 Å². The monoisotopic (exact) mass is 353 g/mol. The van der Waals surface area contributed by atoms with Crippen molar-refractivity contribution < 1.29 is 9.18 Å². The molecule has 0 aliphatic heterocycles. The predicted molar refractivity (Wildman–Crippen MR) is 97.1 cm³/mol. The number of rotatable bonds is 5. The number of aryl methyl sites for hydroxylation is 1. The fourth-order valence-corrected chi connectivity index (χ4v) is 3.15. The van der Waals surface area contributed by atoms with E-state index in [0.717, 1.165) is 11.3 Å². The number of nitrogens with zero attached hydrogens (tertiary/aromatic N) is 2. The lowest BCUT2D eigenvalue weighted by molar-refractivity contribution is 0.102. The molecule has 25 heavy (non-hydrogen) atoms. The molecule has 0 unspecified atom stereocenters. The number of thioether (sulfide) groups is 1. The number of hydrogen-bond donors (Lipinski definition) is 1. The minimum absolute atomic E-state index is 0.257. The first-order valence-electron chi connectivity index (χ1n) is 7.69. The molecule has 0 atom stereocenters. The zero-order chi connectivity index (χ0) is 17.6. The summed E-state index contributed by atoms with van der Waals surface area (Å²) >= 11 is 1.43. The fraction of sp³-hybridized carbons (Fsp3) is 0.105. The summed E-state index contributed by atoms with van der Waals surface area (Å²) in [5.41, 5.74) is 2.27. The number of halogens is 1. The molecule has 0 spiro atoms. The maximum absolute atomic E-state index is 13.0. The van der Waals surface area contributed by atoms with Crippen molar-refractivity contribution in [3.05, 3.63) is 83.4 Å². The Morgan fingerprint density at radius 3 is 2.68 bits per heavy atom. The van der Waals surface area contributed by atoms with Gasteiger partial charge in [0.15, 0.2) is 0 Å². The SMILES string of the molecule is Cc1cccc(NC(=O)c2cccnc2SCc2ccc(F)cc2)n1. The number of nitrogens with one attached hydrogen (secondary N) is 1. The Morgan fingerprint density at radius 2 is 1.92 bits per heavy atom. The summed E-state index contributed by atoms with van der Waals surface area (Å²) in [6, 6.07) is 15.2. The van der Waals surface area contributed by atoms with Gasteiger partial charge in [0.05, 0.1) is 5.56 Å².